The van der Waals surface area contributed by atoms with Crippen molar-refractivity contribution in [3.05, 3.63) is 76.0 Å². The first-order valence-corrected chi connectivity index (χ1v) is 13.3. The molecule has 0 aromatic heterocycles. The van der Waals surface area contributed by atoms with Gasteiger partial charge in [-0.25, -0.2) is 13.1 Å². The van der Waals surface area contributed by atoms with E-state index in [0.717, 1.165) is 22.5 Å². The van der Waals surface area contributed by atoms with E-state index >= 15 is 0 Å². The zero-order valence-corrected chi connectivity index (χ0v) is 21.0. The number of ether oxygens (including phenoxy) is 1. The highest BCUT2D eigenvalue weighted by Crippen LogP contribution is 2.33. The molecule has 1 N–H and O–H groups in total. The summed E-state index contributed by atoms with van der Waals surface area (Å²) in [6, 6.07) is 14.1. The molecule has 0 radical (unpaired) electrons. The summed E-state index contributed by atoms with van der Waals surface area (Å²) >= 11 is 5.84. The minimum absolute atomic E-state index is 0.0965. The number of Topliss-reactive ketones (excluding diaryl/α,β-unsaturated/α-hetero) is 1. The van der Waals surface area contributed by atoms with Crippen molar-refractivity contribution in [1.82, 2.24) is 4.72 Å². The second-order valence-corrected chi connectivity index (χ2v) is 11.1. The number of benzene rings is 2. The first-order valence-electron chi connectivity index (χ1n) is 11.4. The summed E-state index contributed by atoms with van der Waals surface area (Å²) in [6.07, 6.45) is 2.55. The van der Waals surface area contributed by atoms with Crippen molar-refractivity contribution in [3.63, 3.8) is 0 Å². The highest BCUT2D eigenvalue weighted by molar-refractivity contribution is 7.89. The van der Waals surface area contributed by atoms with E-state index in [2.05, 4.69) is 24.6 Å². The van der Waals surface area contributed by atoms with Gasteiger partial charge in [-0.15, -0.1) is 0 Å². The van der Waals surface area contributed by atoms with Crippen LogP contribution in [0.4, 0.5) is 0 Å². The van der Waals surface area contributed by atoms with Gasteiger partial charge in [0.1, 0.15) is 5.76 Å². The Morgan fingerprint density at radius 3 is 2.48 bits per heavy atom. The number of allylic oxidation sites excluding steroid dienone is 2. The number of rotatable bonds is 11. The van der Waals surface area contributed by atoms with Crippen molar-refractivity contribution < 1.29 is 17.9 Å². The molecular formula is C26H32ClNO4S. The van der Waals surface area contributed by atoms with Crippen LogP contribution in [0.1, 0.15) is 44.7 Å². The number of halogens is 1. The van der Waals surface area contributed by atoms with Crippen LogP contribution in [0.5, 0.6) is 0 Å². The van der Waals surface area contributed by atoms with Gasteiger partial charge in [0.2, 0.25) is 10.0 Å². The van der Waals surface area contributed by atoms with Crippen LogP contribution in [0, 0.1) is 11.8 Å². The van der Waals surface area contributed by atoms with E-state index in [-0.39, 0.29) is 23.1 Å². The number of carbonyl (C=O) groups is 1. The van der Waals surface area contributed by atoms with Crippen LogP contribution >= 0.6 is 11.6 Å². The lowest BCUT2D eigenvalue weighted by Crippen LogP contribution is -2.26. The summed E-state index contributed by atoms with van der Waals surface area (Å²) in [5, 5.41) is 0.492. The normalized spacial score (nSPS) is 16.6. The molecule has 178 valence electrons. The SMILES string of the molecule is CCC1=C(OCC(C)C)CC(Cc2cccc(CCNS(=O)(=O)c3ccc(Cl)cc3)c2)C1=O. The standard InChI is InChI=1S/C26H32ClNO4S/c1-4-24-25(32-17-18(2)3)16-21(26(24)29)15-20-7-5-6-19(14-20)12-13-28-33(30,31)23-10-8-22(27)9-11-23/h5-11,14,18,21,28H,4,12-13,15-17H2,1-3H3. The molecule has 0 saturated carbocycles. The average molecular weight is 490 g/mol. The topological polar surface area (TPSA) is 72.5 Å². The van der Waals surface area contributed by atoms with E-state index in [1.165, 1.54) is 12.1 Å². The number of nitrogens with one attached hydrogen (secondary N) is 1. The molecule has 0 saturated heterocycles. The van der Waals surface area contributed by atoms with Gasteiger partial charge in [-0.05, 0) is 60.6 Å². The monoisotopic (exact) mass is 489 g/mol. The van der Waals surface area contributed by atoms with Crippen LogP contribution in [0.3, 0.4) is 0 Å². The summed E-state index contributed by atoms with van der Waals surface area (Å²) in [5.41, 5.74) is 2.93. The molecule has 2 aromatic carbocycles. The lowest BCUT2D eigenvalue weighted by atomic mass is 9.93. The molecule has 0 amide bonds. The number of sulfonamides is 1. The van der Waals surface area contributed by atoms with Crippen molar-refractivity contribution >= 4 is 27.4 Å². The van der Waals surface area contributed by atoms with E-state index in [9.17, 15) is 13.2 Å². The maximum Gasteiger partial charge on any atom is 0.240 e. The fraction of sp³-hybridized carbons (Fsp3) is 0.423. The molecule has 7 heteroatoms. The second kappa shape index (κ2) is 11.3. The third kappa shape index (κ3) is 6.92. The van der Waals surface area contributed by atoms with Crippen LogP contribution in [0.15, 0.2) is 64.8 Å². The molecular weight excluding hydrogens is 458 g/mol. The fourth-order valence-corrected chi connectivity index (χ4v) is 5.15. The predicted molar refractivity (Wildman–Crippen MR) is 132 cm³/mol. The van der Waals surface area contributed by atoms with E-state index in [1.807, 2.05) is 25.1 Å². The van der Waals surface area contributed by atoms with E-state index in [0.29, 0.717) is 43.2 Å². The molecule has 2 aromatic rings. The Morgan fingerprint density at radius 1 is 1.12 bits per heavy atom. The van der Waals surface area contributed by atoms with Gasteiger partial charge in [0.25, 0.3) is 0 Å². The summed E-state index contributed by atoms with van der Waals surface area (Å²) in [5.74, 6) is 1.37. The van der Waals surface area contributed by atoms with Crippen LogP contribution < -0.4 is 4.72 Å². The third-order valence-electron chi connectivity index (χ3n) is 5.68. The average Bonchev–Trinajstić information content (AvgIpc) is 3.07. The molecule has 0 spiro atoms. The van der Waals surface area contributed by atoms with Gasteiger partial charge in [0.05, 0.1) is 11.5 Å². The first-order chi connectivity index (χ1) is 15.7. The Kier molecular flexibility index (Phi) is 8.74. The van der Waals surface area contributed by atoms with Crippen molar-refractivity contribution in [2.24, 2.45) is 11.8 Å². The van der Waals surface area contributed by atoms with Gasteiger partial charge < -0.3 is 4.74 Å². The Balaban J connectivity index is 1.58. The minimum atomic E-state index is -3.58. The maximum absolute atomic E-state index is 12.9. The van der Waals surface area contributed by atoms with Gasteiger partial charge in [-0.3, -0.25) is 4.79 Å². The molecule has 1 aliphatic rings. The zero-order valence-electron chi connectivity index (χ0n) is 19.4. The van der Waals surface area contributed by atoms with Crippen LogP contribution in [-0.4, -0.2) is 27.4 Å². The molecule has 3 rings (SSSR count). The molecule has 0 fully saturated rings. The fourth-order valence-electron chi connectivity index (χ4n) is 4.00. The molecule has 1 atom stereocenters. The Labute approximate surface area is 202 Å². The lowest BCUT2D eigenvalue weighted by Gasteiger charge is -2.12. The zero-order chi connectivity index (χ0) is 24.0. The summed E-state index contributed by atoms with van der Waals surface area (Å²) in [4.78, 5) is 13.1. The Bertz CT molecular complexity index is 1110. The smallest absolute Gasteiger partial charge is 0.240 e. The quantitative estimate of drug-likeness (QED) is 0.463. The van der Waals surface area contributed by atoms with Crippen molar-refractivity contribution in [2.75, 3.05) is 13.2 Å². The van der Waals surface area contributed by atoms with Gasteiger partial charge in [0, 0.05) is 29.5 Å². The number of hydrogen-bond donors (Lipinski definition) is 1. The summed E-state index contributed by atoms with van der Waals surface area (Å²) in [6.45, 7) is 7.11. The van der Waals surface area contributed by atoms with Gasteiger partial charge in [0.15, 0.2) is 5.78 Å². The highest BCUT2D eigenvalue weighted by atomic mass is 35.5. The largest absolute Gasteiger partial charge is 0.497 e. The van der Waals surface area contributed by atoms with Crippen LogP contribution in [-0.2, 0) is 32.4 Å². The van der Waals surface area contributed by atoms with Crippen LogP contribution in [0.2, 0.25) is 5.02 Å². The van der Waals surface area contributed by atoms with Crippen molar-refractivity contribution in [1.29, 1.82) is 0 Å². The third-order valence-corrected chi connectivity index (χ3v) is 7.41. The van der Waals surface area contributed by atoms with Gasteiger partial charge >= 0.3 is 0 Å². The minimum Gasteiger partial charge on any atom is -0.497 e. The van der Waals surface area contributed by atoms with Crippen LogP contribution in [0.25, 0.3) is 0 Å². The Morgan fingerprint density at radius 2 is 1.82 bits per heavy atom. The number of carbonyl (C=O) groups excluding carboxylic acids is 1. The molecule has 0 aliphatic heterocycles. The van der Waals surface area contributed by atoms with Gasteiger partial charge in [-0.1, -0.05) is 56.6 Å². The number of hydrogen-bond acceptors (Lipinski definition) is 4. The molecule has 1 aliphatic carbocycles. The highest BCUT2D eigenvalue weighted by Gasteiger charge is 2.33. The van der Waals surface area contributed by atoms with E-state index in [1.54, 1.807) is 12.1 Å². The molecule has 5 nitrogen and oxygen atoms in total. The maximum atomic E-state index is 12.9. The first kappa shape index (κ1) is 25.5. The Hall–Kier alpha value is -2.15. The van der Waals surface area contributed by atoms with E-state index < -0.39 is 10.0 Å². The second-order valence-electron chi connectivity index (χ2n) is 8.85. The van der Waals surface area contributed by atoms with Crippen molar-refractivity contribution in [3.8, 4) is 0 Å². The summed E-state index contributed by atoms with van der Waals surface area (Å²) in [7, 11) is -3.58. The molecule has 0 bridgehead atoms. The number of ketones is 1. The van der Waals surface area contributed by atoms with Gasteiger partial charge in [-0.2, -0.15) is 0 Å². The van der Waals surface area contributed by atoms with E-state index in [4.69, 9.17) is 16.3 Å². The molecule has 1 unspecified atom stereocenters. The lowest BCUT2D eigenvalue weighted by molar-refractivity contribution is -0.118. The molecule has 33 heavy (non-hydrogen) atoms. The van der Waals surface area contributed by atoms with Crippen molar-refractivity contribution in [2.45, 2.75) is 51.3 Å². The summed E-state index contributed by atoms with van der Waals surface area (Å²) < 4.78 is 33.5. The molecule has 0 heterocycles. The predicted octanol–water partition coefficient (Wildman–Crippen LogP) is 5.33.